The van der Waals surface area contributed by atoms with Crippen molar-refractivity contribution in [2.24, 2.45) is 0 Å². The lowest BCUT2D eigenvalue weighted by molar-refractivity contribution is 0.0942. The Kier molecular flexibility index (Phi) is 3.94. The summed E-state index contributed by atoms with van der Waals surface area (Å²) in [4.78, 5) is 16.4. The van der Waals surface area contributed by atoms with Crippen LogP contribution >= 0.6 is 11.3 Å². The zero-order valence-corrected chi connectivity index (χ0v) is 14.7. The fourth-order valence-electron chi connectivity index (χ4n) is 3.27. The summed E-state index contributed by atoms with van der Waals surface area (Å²) in [6, 6.07) is 4.26. The van der Waals surface area contributed by atoms with E-state index in [2.05, 4.69) is 29.4 Å². The third kappa shape index (κ3) is 2.76. The molecule has 6 heteroatoms. The highest BCUT2D eigenvalue weighted by Crippen LogP contribution is 2.39. The van der Waals surface area contributed by atoms with Crippen LogP contribution in [-0.4, -0.2) is 29.6 Å². The number of fused-ring (bicyclic) bond motifs is 3. The Morgan fingerprint density at radius 2 is 2.29 bits per heavy atom. The number of carbonyl (C=O) groups is 1. The second-order valence-corrected chi connectivity index (χ2v) is 7.60. The Bertz CT molecular complexity index is 777. The number of carbonyl (C=O) groups excluding carboxylic acids is 1. The molecule has 2 N–H and O–H groups in total. The van der Waals surface area contributed by atoms with Crippen molar-refractivity contribution in [2.45, 2.75) is 39.0 Å². The molecule has 0 saturated heterocycles. The largest absolute Gasteiger partial charge is 0.465 e. The van der Waals surface area contributed by atoms with Crippen LogP contribution in [-0.2, 0) is 13.0 Å². The van der Waals surface area contributed by atoms with Crippen LogP contribution < -0.4 is 10.6 Å². The molecular weight excluding hydrogens is 322 g/mol. The molecular formula is C18H21N3O2S. The Balaban J connectivity index is 1.57. The van der Waals surface area contributed by atoms with Gasteiger partial charge in [0.1, 0.15) is 16.9 Å². The first-order chi connectivity index (χ1) is 11.6. The number of nitrogens with one attached hydrogen (secondary N) is 2. The van der Waals surface area contributed by atoms with E-state index in [-0.39, 0.29) is 12.1 Å². The number of thiophene rings is 1. The van der Waals surface area contributed by atoms with Gasteiger partial charge in [0.15, 0.2) is 0 Å². The van der Waals surface area contributed by atoms with Crippen molar-refractivity contribution in [1.82, 2.24) is 10.2 Å². The van der Waals surface area contributed by atoms with E-state index < -0.39 is 0 Å². The fraction of sp³-hybridized carbons (Fsp3) is 0.389. The molecule has 0 unspecified atom stereocenters. The van der Waals surface area contributed by atoms with E-state index in [1.54, 1.807) is 17.6 Å². The quantitative estimate of drug-likeness (QED) is 0.898. The van der Waals surface area contributed by atoms with E-state index in [1.165, 1.54) is 10.4 Å². The van der Waals surface area contributed by atoms with Crippen LogP contribution in [0.2, 0.25) is 0 Å². The van der Waals surface area contributed by atoms with E-state index in [9.17, 15) is 4.79 Å². The molecule has 4 rings (SSSR count). The summed E-state index contributed by atoms with van der Waals surface area (Å²) in [5.74, 6) is 0.795. The van der Waals surface area contributed by atoms with E-state index in [1.807, 2.05) is 24.3 Å². The standard InChI is InChI=1S/C18H21N3O2S/c1-11(2)21-8-7-13-14(10-21)24-18-16(13)17(22)19-15(20-18)6-5-12-4-3-9-23-12/h3-6,9,11,15,20H,7-8,10H2,1-2H3,(H,19,22)/b6-5+/t15-/m1/s1. The molecule has 2 aliphatic heterocycles. The molecule has 0 radical (unpaired) electrons. The van der Waals surface area contributed by atoms with Gasteiger partial charge in [-0.3, -0.25) is 9.69 Å². The highest BCUT2D eigenvalue weighted by molar-refractivity contribution is 7.16. The number of hydrogen-bond acceptors (Lipinski definition) is 5. The maximum absolute atomic E-state index is 12.6. The summed E-state index contributed by atoms with van der Waals surface area (Å²) in [7, 11) is 0. The van der Waals surface area contributed by atoms with Crippen molar-refractivity contribution in [2.75, 3.05) is 11.9 Å². The first-order valence-corrected chi connectivity index (χ1v) is 9.11. The molecule has 1 amide bonds. The maximum atomic E-state index is 12.6. The van der Waals surface area contributed by atoms with Crippen LogP contribution in [0.1, 0.15) is 40.4 Å². The molecule has 24 heavy (non-hydrogen) atoms. The lowest BCUT2D eigenvalue weighted by atomic mass is 10.0. The molecule has 0 saturated carbocycles. The number of rotatable bonds is 3. The number of nitrogens with zero attached hydrogens (tertiary/aromatic N) is 1. The highest BCUT2D eigenvalue weighted by Gasteiger charge is 2.32. The number of hydrogen-bond donors (Lipinski definition) is 2. The van der Waals surface area contributed by atoms with Gasteiger partial charge in [-0.25, -0.2) is 0 Å². The van der Waals surface area contributed by atoms with Gasteiger partial charge in [0.25, 0.3) is 5.91 Å². The van der Waals surface area contributed by atoms with Crippen molar-refractivity contribution in [3.63, 3.8) is 0 Å². The molecule has 0 aromatic carbocycles. The van der Waals surface area contributed by atoms with Crippen LogP contribution in [0.25, 0.3) is 6.08 Å². The first-order valence-electron chi connectivity index (χ1n) is 8.29. The van der Waals surface area contributed by atoms with Gasteiger partial charge in [-0.05, 0) is 50.1 Å². The predicted octanol–water partition coefficient (Wildman–Crippen LogP) is 3.30. The van der Waals surface area contributed by atoms with Gasteiger partial charge in [0.2, 0.25) is 0 Å². The minimum atomic E-state index is -0.212. The van der Waals surface area contributed by atoms with Crippen LogP contribution in [0, 0.1) is 0 Å². The number of anilines is 1. The predicted molar refractivity (Wildman–Crippen MR) is 96.2 cm³/mol. The SMILES string of the molecule is CC(C)N1CCc2c(sc3c2C(=O)N[C@@H](/C=C/c2ccco2)N3)C1. The second kappa shape index (κ2) is 6.11. The zero-order chi connectivity index (χ0) is 16.7. The minimum Gasteiger partial charge on any atom is -0.465 e. The van der Waals surface area contributed by atoms with E-state index in [0.717, 1.165) is 35.8 Å². The van der Waals surface area contributed by atoms with Crippen molar-refractivity contribution in [3.8, 4) is 0 Å². The summed E-state index contributed by atoms with van der Waals surface area (Å²) in [6.07, 6.45) is 6.16. The lowest BCUT2D eigenvalue weighted by Crippen LogP contribution is -2.43. The van der Waals surface area contributed by atoms with E-state index >= 15 is 0 Å². The molecule has 0 spiro atoms. The molecule has 4 heterocycles. The topological polar surface area (TPSA) is 57.5 Å². The summed E-state index contributed by atoms with van der Waals surface area (Å²) >= 11 is 1.72. The first kappa shape index (κ1) is 15.5. The summed E-state index contributed by atoms with van der Waals surface area (Å²) in [6.45, 7) is 6.40. The highest BCUT2D eigenvalue weighted by atomic mass is 32.1. The normalized spacial score (nSPS) is 20.8. The summed E-state index contributed by atoms with van der Waals surface area (Å²) < 4.78 is 5.29. The monoisotopic (exact) mass is 343 g/mol. The van der Waals surface area contributed by atoms with Gasteiger partial charge in [0, 0.05) is 24.0 Å². The Morgan fingerprint density at radius 3 is 3.04 bits per heavy atom. The van der Waals surface area contributed by atoms with Gasteiger partial charge < -0.3 is 15.1 Å². The molecule has 0 bridgehead atoms. The Hall–Kier alpha value is -2.05. The molecule has 126 valence electrons. The fourth-order valence-corrected chi connectivity index (χ4v) is 4.58. The molecule has 5 nitrogen and oxygen atoms in total. The van der Waals surface area contributed by atoms with E-state index in [0.29, 0.717) is 6.04 Å². The maximum Gasteiger partial charge on any atom is 0.256 e. The smallest absolute Gasteiger partial charge is 0.256 e. The second-order valence-electron chi connectivity index (χ2n) is 6.49. The molecule has 0 aliphatic carbocycles. The lowest BCUT2D eigenvalue weighted by Gasteiger charge is -2.30. The Labute approximate surface area is 145 Å². The van der Waals surface area contributed by atoms with Gasteiger partial charge >= 0.3 is 0 Å². The van der Waals surface area contributed by atoms with Gasteiger partial charge in [0.05, 0.1) is 11.8 Å². The third-order valence-electron chi connectivity index (χ3n) is 4.61. The van der Waals surface area contributed by atoms with Crippen LogP contribution in [0.3, 0.4) is 0 Å². The van der Waals surface area contributed by atoms with Crippen LogP contribution in [0.15, 0.2) is 28.9 Å². The van der Waals surface area contributed by atoms with Gasteiger partial charge in [-0.2, -0.15) is 0 Å². The minimum absolute atomic E-state index is 0.0216. The average molecular weight is 343 g/mol. The van der Waals surface area contributed by atoms with Crippen molar-refractivity contribution < 1.29 is 9.21 Å². The van der Waals surface area contributed by atoms with Crippen molar-refractivity contribution >= 4 is 28.3 Å². The van der Waals surface area contributed by atoms with Crippen LogP contribution in [0.5, 0.6) is 0 Å². The average Bonchev–Trinajstić information content (AvgIpc) is 3.19. The molecule has 2 aromatic rings. The molecule has 1 atom stereocenters. The third-order valence-corrected chi connectivity index (χ3v) is 5.76. The Morgan fingerprint density at radius 1 is 1.42 bits per heavy atom. The van der Waals surface area contributed by atoms with E-state index in [4.69, 9.17) is 4.42 Å². The van der Waals surface area contributed by atoms with Crippen LogP contribution in [0.4, 0.5) is 5.00 Å². The zero-order valence-electron chi connectivity index (χ0n) is 13.8. The number of furan rings is 1. The van der Waals surface area contributed by atoms with Gasteiger partial charge in [-0.1, -0.05) is 0 Å². The summed E-state index contributed by atoms with van der Waals surface area (Å²) in [5, 5.41) is 7.44. The molecule has 0 fully saturated rings. The molecule has 2 aliphatic rings. The summed E-state index contributed by atoms with van der Waals surface area (Å²) in [5.41, 5.74) is 2.08. The van der Waals surface area contributed by atoms with Gasteiger partial charge in [-0.15, -0.1) is 11.3 Å². The van der Waals surface area contributed by atoms with Crippen molar-refractivity contribution in [1.29, 1.82) is 0 Å². The molecule has 2 aromatic heterocycles. The number of amides is 1. The van der Waals surface area contributed by atoms with Crippen molar-refractivity contribution in [3.05, 3.63) is 46.2 Å².